The van der Waals surface area contributed by atoms with E-state index in [9.17, 15) is 9.90 Å². The van der Waals surface area contributed by atoms with Gasteiger partial charge >= 0.3 is 0 Å². The highest BCUT2D eigenvalue weighted by atomic mass is 35.5. The number of nitrogens with zero attached hydrogens (tertiary/aromatic N) is 1. The minimum atomic E-state index is -0.336. The highest BCUT2D eigenvalue weighted by molar-refractivity contribution is 6.30. The van der Waals surface area contributed by atoms with Crippen LogP contribution in [0.5, 0.6) is 5.88 Å². The van der Waals surface area contributed by atoms with Crippen molar-refractivity contribution < 1.29 is 5.11 Å². The van der Waals surface area contributed by atoms with Gasteiger partial charge in [0, 0.05) is 10.9 Å². The monoisotopic (exact) mass is 290 g/mol. The van der Waals surface area contributed by atoms with E-state index in [-0.39, 0.29) is 28.3 Å². The lowest BCUT2D eigenvalue weighted by molar-refractivity contribution is 0.448. The molecule has 1 saturated carbocycles. The smallest absolute Gasteiger partial charge is 0.262 e. The normalized spacial score (nSPS) is 19.9. The number of benzene rings is 1. The number of aromatic nitrogens is 2. The van der Waals surface area contributed by atoms with Crippen molar-refractivity contribution in [2.75, 3.05) is 0 Å². The van der Waals surface area contributed by atoms with Crippen molar-refractivity contribution in [3.63, 3.8) is 0 Å². The molecule has 2 aromatic rings. The molecule has 1 aromatic heterocycles. The molecule has 20 heavy (non-hydrogen) atoms. The number of hydrogen-bond acceptors (Lipinski definition) is 3. The van der Waals surface area contributed by atoms with Crippen molar-refractivity contribution in [1.82, 2.24) is 9.97 Å². The summed E-state index contributed by atoms with van der Waals surface area (Å²) in [5.74, 6) is 0.520. The van der Waals surface area contributed by atoms with Crippen molar-refractivity contribution in [2.45, 2.75) is 26.2 Å². The zero-order valence-corrected chi connectivity index (χ0v) is 12.0. The lowest BCUT2D eigenvalue weighted by Crippen LogP contribution is -2.14. The molecule has 0 radical (unpaired) electrons. The molecule has 1 aliphatic carbocycles. The van der Waals surface area contributed by atoms with Gasteiger partial charge in [0.2, 0.25) is 5.88 Å². The Balaban J connectivity index is 2.08. The Bertz CT molecular complexity index is 737. The fourth-order valence-corrected chi connectivity index (χ4v) is 2.67. The number of nitrogens with one attached hydrogen (secondary N) is 1. The molecule has 2 N–H and O–H groups in total. The van der Waals surface area contributed by atoms with Gasteiger partial charge in [0.1, 0.15) is 11.4 Å². The standard InChI is InChI=1S/C15H15ClN2O2/c1-15(2)7-10(15)12-17-13(19)11(14(20)18-12)8-4-3-5-9(16)6-8/h3-6,10H,7H2,1-2H3,(H2,17,18,19,20). The second kappa shape index (κ2) is 4.35. The summed E-state index contributed by atoms with van der Waals surface area (Å²) in [5, 5.41) is 10.6. The maximum absolute atomic E-state index is 12.2. The van der Waals surface area contributed by atoms with E-state index in [1.54, 1.807) is 24.3 Å². The molecule has 5 heteroatoms. The van der Waals surface area contributed by atoms with Crippen LogP contribution in [0.1, 0.15) is 32.0 Å². The average molecular weight is 291 g/mol. The van der Waals surface area contributed by atoms with Crippen LogP contribution in [0.3, 0.4) is 0 Å². The Morgan fingerprint density at radius 2 is 2.15 bits per heavy atom. The van der Waals surface area contributed by atoms with Crippen LogP contribution in [-0.2, 0) is 0 Å². The molecule has 1 atom stereocenters. The van der Waals surface area contributed by atoms with Crippen molar-refractivity contribution in [1.29, 1.82) is 0 Å². The zero-order chi connectivity index (χ0) is 14.5. The van der Waals surface area contributed by atoms with Crippen molar-refractivity contribution >= 4 is 11.6 Å². The Morgan fingerprint density at radius 3 is 2.70 bits per heavy atom. The largest absolute Gasteiger partial charge is 0.493 e. The van der Waals surface area contributed by atoms with Crippen LogP contribution in [0, 0.1) is 5.41 Å². The van der Waals surface area contributed by atoms with Gasteiger partial charge in [-0.15, -0.1) is 0 Å². The SMILES string of the molecule is CC1(C)CC1c1nc(O)c(-c2cccc(Cl)c2)c(=O)[nH]1. The molecular formula is C15H15ClN2O2. The zero-order valence-electron chi connectivity index (χ0n) is 11.3. The van der Waals surface area contributed by atoms with Crippen molar-refractivity contribution in [3.8, 4) is 17.0 Å². The van der Waals surface area contributed by atoms with Gasteiger partial charge in [0.05, 0.1) is 0 Å². The van der Waals surface area contributed by atoms with Gasteiger partial charge in [-0.2, -0.15) is 4.98 Å². The summed E-state index contributed by atoms with van der Waals surface area (Å²) in [6.45, 7) is 4.22. The summed E-state index contributed by atoms with van der Waals surface area (Å²) in [7, 11) is 0. The number of halogens is 1. The summed E-state index contributed by atoms with van der Waals surface area (Å²) in [6, 6.07) is 6.80. The van der Waals surface area contributed by atoms with E-state index in [4.69, 9.17) is 11.6 Å². The van der Waals surface area contributed by atoms with E-state index < -0.39 is 0 Å². The van der Waals surface area contributed by atoms with Crippen LogP contribution in [0.4, 0.5) is 0 Å². The molecular weight excluding hydrogens is 276 g/mol. The van der Waals surface area contributed by atoms with E-state index in [1.165, 1.54) is 0 Å². The number of hydrogen-bond donors (Lipinski definition) is 2. The Morgan fingerprint density at radius 1 is 1.45 bits per heavy atom. The van der Waals surface area contributed by atoms with Crippen LogP contribution in [-0.4, -0.2) is 15.1 Å². The highest BCUT2D eigenvalue weighted by Gasteiger charge is 2.48. The van der Waals surface area contributed by atoms with Crippen LogP contribution in [0.25, 0.3) is 11.1 Å². The van der Waals surface area contributed by atoms with Crippen molar-refractivity contribution in [3.05, 3.63) is 45.5 Å². The first-order valence-corrected chi connectivity index (χ1v) is 6.85. The predicted molar refractivity (Wildman–Crippen MR) is 78.1 cm³/mol. The van der Waals surface area contributed by atoms with Gasteiger partial charge in [0.15, 0.2) is 0 Å². The lowest BCUT2D eigenvalue weighted by atomic mass is 10.1. The molecule has 3 rings (SSSR count). The van der Waals surface area contributed by atoms with Gasteiger partial charge in [-0.25, -0.2) is 0 Å². The van der Waals surface area contributed by atoms with Gasteiger partial charge < -0.3 is 10.1 Å². The number of H-pyrrole nitrogens is 1. The first-order chi connectivity index (χ1) is 9.38. The van der Waals surface area contributed by atoms with Crippen LogP contribution >= 0.6 is 11.6 Å². The molecule has 0 spiro atoms. The Labute approximate surface area is 121 Å². The fraction of sp³-hybridized carbons (Fsp3) is 0.333. The number of rotatable bonds is 2. The van der Waals surface area contributed by atoms with E-state index in [2.05, 4.69) is 23.8 Å². The molecule has 1 aliphatic rings. The van der Waals surface area contributed by atoms with Crippen LogP contribution in [0.15, 0.2) is 29.1 Å². The second-order valence-corrected chi connectivity index (χ2v) is 6.34. The second-order valence-electron chi connectivity index (χ2n) is 5.91. The van der Waals surface area contributed by atoms with Crippen molar-refractivity contribution in [2.24, 2.45) is 5.41 Å². The molecule has 104 valence electrons. The molecule has 1 unspecified atom stereocenters. The molecule has 0 aliphatic heterocycles. The maximum Gasteiger partial charge on any atom is 0.262 e. The van der Waals surface area contributed by atoms with E-state index in [0.717, 1.165) is 6.42 Å². The van der Waals surface area contributed by atoms with E-state index >= 15 is 0 Å². The summed E-state index contributed by atoms with van der Waals surface area (Å²) in [5.41, 5.74) is 0.525. The fourth-order valence-electron chi connectivity index (χ4n) is 2.48. The first kappa shape index (κ1) is 13.2. The molecule has 1 aromatic carbocycles. The molecule has 1 heterocycles. The maximum atomic E-state index is 12.2. The summed E-state index contributed by atoms with van der Waals surface area (Å²) >= 11 is 5.91. The van der Waals surface area contributed by atoms with E-state index in [1.807, 2.05) is 0 Å². The van der Waals surface area contributed by atoms with E-state index in [0.29, 0.717) is 16.4 Å². The van der Waals surface area contributed by atoms with Crippen LogP contribution in [0.2, 0.25) is 5.02 Å². The first-order valence-electron chi connectivity index (χ1n) is 6.47. The van der Waals surface area contributed by atoms with Gasteiger partial charge in [-0.1, -0.05) is 37.6 Å². The molecule has 0 amide bonds. The third-order valence-corrected chi connectivity index (χ3v) is 4.11. The topological polar surface area (TPSA) is 66.0 Å². The summed E-state index contributed by atoms with van der Waals surface area (Å²) in [4.78, 5) is 19.2. The molecule has 1 fully saturated rings. The van der Waals surface area contributed by atoms with Gasteiger partial charge in [0.25, 0.3) is 5.56 Å². The molecule has 0 saturated heterocycles. The molecule has 0 bridgehead atoms. The van der Waals surface area contributed by atoms with Crippen LogP contribution < -0.4 is 5.56 Å². The van der Waals surface area contributed by atoms with Gasteiger partial charge in [-0.3, -0.25) is 4.79 Å². The third kappa shape index (κ3) is 2.20. The summed E-state index contributed by atoms with van der Waals surface area (Å²) in [6.07, 6.45) is 0.964. The lowest BCUT2D eigenvalue weighted by Gasteiger charge is -2.07. The average Bonchev–Trinajstić information content (AvgIpc) is 2.97. The number of aromatic amines is 1. The summed E-state index contributed by atoms with van der Waals surface area (Å²) < 4.78 is 0. The highest BCUT2D eigenvalue weighted by Crippen LogP contribution is 2.57. The minimum absolute atomic E-state index is 0.139. The quantitative estimate of drug-likeness (QED) is 0.892. The Kier molecular flexibility index (Phi) is 2.87. The minimum Gasteiger partial charge on any atom is -0.493 e. The van der Waals surface area contributed by atoms with Gasteiger partial charge in [-0.05, 0) is 29.5 Å². The molecule has 4 nitrogen and oxygen atoms in total. The Hall–Kier alpha value is -1.81. The third-order valence-electron chi connectivity index (χ3n) is 3.88. The number of aromatic hydroxyl groups is 1. The predicted octanol–water partition coefficient (Wildman–Crippen LogP) is 3.31.